The zero-order valence-electron chi connectivity index (χ0n) is 13.3. The summed E-state index contributed by atoms with van der Waals surface area (Å²) in [6.07, 6.45) is 1.53. The molecule has 2 amide bonds. The van der Waals surface area contributed by atoms with E-state index in [4.69, 9.17) is 0 Å². The third-order valence-corrected chi connectivity index (χ3v) is 5.82. The molecule has 2 saturated heterocycles. The maximum atomic E-state index is 12.5. The van der Waals surface area contributed by atoms with E-state index in [0.717, 1.165) is 11.0 Å². The molecular weight excluding hydrogens is 330 g/mol. The van der Waals surface area contributed by atoms with E-state index in [1.807, 2.05) is 30.3 Å². The summed E-state index contributed by atoms with van der Waals surface area (Å²) in [5.74, 6) is -0.361. The van der Waals surface area contributed by atoms with Crippen molar-refractivity contribution in [2.24, 2.45) is 0 Å². The number of nitrogens with zero attached hydrogens (tertiary/aromatic N) is 3. The third kappa shape index (κ3) is 3.20. The molecule has 0 saturated carbocycles. The van der Waals surface area contributed by atoms with E-state index < -0.39 is 16.1 Å². The summed E-state index contributed by atoms with van der Waals surface area (Å²) in [6.45, 7) is 0.481. The molecule has 3 rings (SSSR count). The normalized spacial score (nSPS) is 23.0. The van der Waals surface area contributed by atoms with Gasteiger partial charge in [0.25, 0.3) is 0 Å². The van der Waals surface area contributed by atoms with Crippen LogP contribution in [0.25, 0.3) is 6.08 Å². The highest BCUT2D eigenvalue weighted by Gasteiger charge is 2.43. The Morgan fingerprint density at radius 3 is 2.54 bits per heavy atom. The third-order valence-electron chi connectivity index (χ3n) is 4.29. The molecule has 7 nitrogen and oxygen atoms in total. The van der Waals surface area contributed by atoms with E-state index in [1.54, 1.807) is 7.05 Å². The summed E-state index contributed by atoms with van der Waals surface area (Å²) in [5, 5.41) is 1.15. The van der Waals surface area contributed by atoms with Crippen LogP contribution < -0.4 is 0 Å². The van der Waals surface area contributed by atoms with Crippen LogP contribution >= 0.6 is 0 Å². The fraction of sp³-hybridized carbons (Fsp3) is 0.375. The van der Waals surface area contributed by atoms with Gasteiger partial charge in [-0.1, -0.05) is 30.3 Å². The van der Waals surface area contributed by atoms with Gasteiger partial charge in [-0.25, -0.2) is 8.42 Å². The standard InChI is InChI=1S/C16H19N3O4S/c1-17-12-15(20)19-9-8-18(11-14(19)16(17)21)24(22,23)10-7-13-5-3-2-4-6-13/h2-7,10,14H,8-9,11-12H2,1H3/b10-7+/t14-/m1/s1. The second-order valence-electron chi connectivity index (χ2n) is 5.91. The van der Waals surface area contributed by atoms with Crippen molar-refractivity contribution in [1.82, 2.24) is 14.1 Å². The predicted octanol–water partition coefficient (Wildman–Crippen LogP) is -0.0281. The molecule has 0 aliphatic carbocycles. The van der Waals surface area contributed by atoms with Crippen molar-refractivity contribution in [2.45, 2.75) is 6.04 Å². The van der Waals surface area contributed by atoms with Crippen LogP contribution in [0.3, 0.4) is 0 Å². The SMILES string of the molecule is CN1CC(=O)N2CCN(S(=O)(=O)/C=C/c3ccccc3)C[C@@H]2C1=O. The van der Waals surface area contributed by atoms with Crippen molar-refractivity contribution in [2.75, 3.05) is 33.2 Å². The first kappa shape index (κ1) is 16.7. The van der Waals surface area contributed by atoms with Crippen molar-refractivity contribution in [1.29, 1.82) is 0 Å². The monoisotopic (exact) mass is 349 g/mol. The van der Waals surface area contributed by atoms with Gasteiger partial charge < -0.3 is 9.80 Å². The van der Waals surface area contributed by atoms with Gasteiger partial charge in [-0.3, -0.25) is 9.59 Å². The summed E-state index contributed by atoms with van der Waals surface area (Å²) >= 11 is 0. The Bertz CT molecular complexity index is 776. The zero-order valence-corrected chi connectivity index (χ0v) is 14.1. The van der Waals surface area contributed by atoms with Crippen molar-refractivity contribution in [3.8, 4) is 0 Å². The molecule has 1 aromatic carbocycles. The van der Waals surface area contributed by atoms with Crippen molar-refractivity contribution in [3.63, 3.8) is 0 Å². The molecule has 1 atom stereocenters. The smallest absolute Gasteiger partial charge is 0.246 e. The molecule has 2 aliphatic heterocycles. The first-order chi connectivity index (χ1) is 11.4. The van der Waals surface area contributed by atoms with Gasteiger partial charge in [0.05, 0.1) is 6.54 Å². The van der Waals surface area contributed by atoms with Crippen LogP contribution in [-0.4, -0.2) is 73.6 Å². The summed E-state index contributed by atoms with van der Waals surface area (Å²) < 4.78 is 26.3. The maximum absolute atomic E-state index is 12.5. The predicted molar refractivity (Wildman–Crippen MR) is 89.1 cm³/mol. The minimum atomic E-state index is -3.65. The van der Waals surface area contributed by atoms with Gasteiger partial charge in [-0.05, 0) is 11.6 Å². The number of carbonyl (C=O) groups excluding carboxylic acids is 2. The van der Waals surface area contributed by atoms with E-state index in [2.05, 4.69) is 0 Å². The number of fused-ring (bicyclic) bond motifs is 1. The molecule has 128 valence electrons. The lowest BCUT2D eigenvalue weighted by atomic mass is 10.1. The minimum absolute atomic E-state index is 0.00359. The van der Waals surface area contributed by atoms with E-state index in [0.29, 0.717) is 0 Å². The number of amides is 2. The Morgan fingerprint density at radius 2 is 1.83 bits per heavy atom. The van der Waals surface area contributed by atoms with E-state index in [9.17, 15) is 18.0 Å². The van der Waals surface area contributed by atoms with E-state index in [-0.39, 0.29) is 38.0 Å². The van der Waals surface area contributed by atoms with Crippen LogP contribution in [-0.2, 0) is 19.6 Å². The molecule has 0 aromatic heterocycles. The first-order valence-electron chi connectivity index (χ1n) is 7.66. The first-order valence-corrected chi connectivity index (χ1v) is 9.16. The molecule has 24 heavy (non-hydrogen) atoms. The van der Waals surface area contributed by atoms with Gasteiger partial charge >= 0.3 is 0 Å². The fourth-order valence-electron chi connectivity index (χ4n) is 2.94. The summed E-state index contributed by atoms with van der Waals surface area (Å²) in [4.78, 5) is 27.1. The molecule has 0 bridgehead atoms. The van der Waals surface area contributed by atoms with Crippen molar-refractivity contribution >= 4 is 27.9 Å². The highest BCUT2D eigenvalue weighted by atomic mass is 32.2. The lowest BCUT2D eigenvalue weighted by Gasteiger charge is -2.44. The van der Waals surface area contributed by atoms with Gasteiger partial charge in [0.15, 0.2) is 0 Å². The molecule has 1 aromatic rings. The Balaban J connectivity index is 1.77. The lowest BCUT2D eigenvalue weighted by Crippen LogP contribution is -2.66. The highest BCUT2D eigenvalue weighted by molar-refractivity contribution is 7.92. The second-order valence-corrected chi connectivity index (χ2v) is 7.73. The Hall–Kier alpha value is -2.19. The lowest BCUT2D eigenvalue weighted by molar-refractivity contribution is -0.156. The molecule has 8 heteroatoms. The van der Waals surface area contributed by atoms with Crippen LogP contribution in [0.4, 0.5) is 0 Å². The van der Waals surface area contributed by atoms with Crippen molar-refractivity contribution < 1.29 is 18.0 Å². The largest absolute Gasteiger partial charge is 0.335 e. The summed E-state index contributed by atoms with van der Waals surface area (Å²) in [6, 6.07) is 8.39. The Morgan fingerprint density at radius 1 is 1.12 bits per heavy atom. The number of benzene rings is 1. The summed E-state index contributed by atoms with van der Waals surface area (Å²) in [7, 11) is -2.09. The molecule has 2 heterocycles. The topological polar surface area (TPSA) is 78.0 Å². The molecule has 0 N–H and O–H groups in total. The Labute approximate surface area is 141 Å². The highest BCUT2D eigenvalue weighted by Crippen LogP contribution is 2.20. The fourth-order valence-corrected chi connectivity index (χ4v) is 4.13. The molecule has 0 radical (unpaired) electrons. The molecule has 0 spiro atoms. The molecule has 2 fully saturated rings. The van der Waals surface area contributed by atoms with Crippen LogP contribution in [0.15, 0.2) is 35.7 Å². The second kappa shape index (κ2) is 6.37. The van der Waals surface area contributed by atoms with Crippen molar-refractivity contribution in [3.05, 3.63) is 41.3 Å². The van der Waals surface area contributed by atoms with E-state index in [1.165, 1.54) is 20.2 Å². The molecule has 0 unspecified atom stereocenters. The number of hydrogen-bond donors (Lipinski definition) is 0. The number of carbonyl (C=O) groups is 2. The van der Waals surface area contributed by atoms with Crippen LogP contribution in [0.1, 0.15) is 5.56 Å². The maximum Gasteiger partial charge on any atom is 0.246 e. The van der Waals surface area contributed by atoms with Crippen LogP contribution in [0, 0.1) is 0 Å². The quantitative estimate of drug-likeness (QED) is 0.768. The van der Waals surface area contributed by atoms with Gasteiger partial charge in [0.2, 0.25) is 21.8 Å². The van der Waals surface area contributed by atoms with Gasteiger partial charge in [-0.15, -0.1) is 0 Å². The number of hydrogen-bond acceptors (Lipinski definition) is 4. The number of rotatable bonds is 3. The minimum Gasteiger partial charge on any atom is -0.335 e. The molecular formula is C16H19N3O4S. The number of sulfonamides is 1. The van der Waals surface area contributed by atoms with E-state index >= 15 is 0 Å². The average Bonchev–Trinajstić information content (AvgIpc) is 2.58. The Kier molecular flexibility index (Phi) is 4.42. The van der Waals surface area contributed by atoms with Gasteiger partial charge in [0.1, 0.15) is 6.04 Å². The van der Waals surface area contributed by atoms with Crippen LogP contribution in [0.2, 0.25) is 0 Å². The zero-order chi connectivity index (χ0) is 17.3. The number of likely N-dealkylation sites (N-methyl/N-ethyl adjacent to an activating group) is 1. The average molecular weight is 349 g/mol. The van der Waals surface area contributed by atoms with Crippen LogP contribution in [0.5, 0.6) is 0 Å². The number of piperazine rings is 2. The van der Waals surface area contributed by atoms with Gasteiger partial charge in [-0.2, -0.15) is 4.31 Å². The molecule has 2 aliphatic rings. The summed E-state index contributed by atoms with van der Waals surface area (Å²) in [5.41, 5.74) is 0.781. The van der Waals surface area contributed by atoms with Gasteiger partial charge in [0, 0.05) is 32.1 Å².